The van der Waals surface area contributed by atoms with Gasteiger partial charge in [-0.25, -0.2) is 0 Å². The molecule has 0 spiro atoms. The van der Waals surface area contributed by atoms with Crippen molar-refractivity contribution in [2.45, 2.75) is 0 Å². The molecule has 0 atom stereocenters. The highest BCUT2D eigenvalue weighted by Crippen LogP contribution is 2.47. The molecule has 0 bridgehead atoms. The van der Waals surface area contributed by atoms with Crippen molar-refractivity contribution in [2.24, 2.45) is 0 Å². The summed E-state index contributed by atoms with van der Waals surface area (Å²) < 4.78 is 6.94. The Morgan fingerprint density at radius 2 is 0.904 bits per heavy atom. The quantitative estimate of drug-likeness (QED) is 0.176. The van der Waals surface area contributed by atoms with Crippen molar-refractivity contribution in [3.05, 3.63) is 200 Å². The van der Waals surface area contributed by atoms with Crippen LogP contribution in [0.25, 0.3) is 76.9 Å². The Morgan fingerprint density at radius 3 is 1.62 bits per heavy atom. The van der Waals surface area contributed by atoms with E-state index in [2.05, 4.69) is 205 Å². The predicted octanol–water partition coefficient (Wildman–Crippen LogP) is 14.4. The van der Waals surface area contributed by atoms with Crippen molar-refractivity contribution in [3.8, 4) is 33.4 Å². The van der Waals surface area contributed by atoms with Gasteiger partial charge in [0.05, 0.1) is 11.1 Å². The van der Waals surface area contributed by atoms with Crippen LogP contribution in [0.15, 0.2) is 205 Å². The first kappa shape index (κ1) is 30.0. The molecule has 0 aliphatic heterocycles. The molecule has 52 heavy (non-hydrogen) atoms. The molecule has 0 aliphatic carbocycles. The van der Waals surface area contributed by atoms with Crippen LogP contribution >= 0.6 is 0 Å². The largest absolute Gasteiger partial charge is 0.455 e. The number of fused-ring (bicyclic) bond motifs is 5. The monoisotopic (exact) mass is 663 g/mol. The fraction of sp³-hybridized carbons (Fsp3) is 0. The lowest BCUT2D eigenvalue weighted by molar-refractivity contribution is 0.670. The SMILES string of the molecule is c1ccc(-c2ccc(-c3c4ccccc4cc4c3oc3cccc(N(c5ccc(-c6ccccc6)cc5)c5ccc6ccccc6c5)c34)cc2)cc1. The number of hydrogen-bond acceptors (Lipinski definition) is 2. The van der Waals surface area contributed by atoms with Crippen molar-refractivity contribution in [1.82, 2.24) is 0 Å². The Hall–Kier alpha value is -6.90. The van der Waals surface area contributed by atoms with Gasteiger partial charge in [-0.15, -0.1) is 0 Å². The molecule has 0 unspecified atom stereocenters. The highest BCUT2D eigenvalue weighted by atomic mass is 16.3. The van der Waals surface area contributed by atoms with Gasteiger partial charge < -0.3 is 9.32 Å². The summed E-state index contributed by atoms with van der Waals surface area (Å²) >= 11 is 0. The van der Waals surface area contributed by atoms with Crippen LogP contribution in [0.1, 0.15) is 0 Å². The molecule has 10 aromatic rings. The van der Waals surface area contributed by atoms with Gasteiger partial charge in [-0.05, 0) is 91.8 Å². The summed E-state index contributed by atoms with van der Waals surface area (Å²) in [6.45, 7) is 0. The van der Waals surface area contributed by atoms with Gasteiger partial charge in [-0.3, -0.25) is 0 Å². The Balaban J connectivity index is 1.21. The number of rotatable bonds is 6. The predicted molar refractivity (Wildman–Crippen MR) is 220 cm³/mol. The van der Waals surface area contributed by atoms with Crippen molar-refractivity contribution in [2.75, 3.05) is 4.90 Å². The van der Waals surface area contributed by atoms with E-state index in [0.717, 1.165) is 50.1 Å². The first-order chi connectivity index (χ1) is 25.8. The van der Waals surface area contributed by atoms with Crippen LogP contribution in [0.4, 0.5) is 17.1 Å². The molecule has 9 aromatic carbocycles. The van der Waals surface area contributed by atoms with Crippen LogP contribution < -0.4 is 4.90 Å². The Bertz CT molecular complexity index is 2870. The van der Waals surface area contributed by atoms with E-state index in [4.69, 9.17) is 4.42 Å². The zero-order chi connectivity index (χ0) is 34.4. The van der Waals surface area contributed by atoms with Crippen LogP contribution in [0.3, 0.4) is 0 Å². The topological polar surface area (TPSA) is 16.4 Å². The van der Waals surface area contributed by atoms with E-state index in [1.54, 1.807) is 0 Å². The van der Waals surface area contributed by atoms with Gasteiger partial charge in [-0.1, -0.05) is 158 Å². The molecule has 2 heteroatoms. The van der Waals surface area contributed by atoms with Gasteiger partial charge in [-0.2, -0.15) is 0 Å². The molecule has 0 saturated heterocycles. The summed E-state index contributed by atoms with van der Waals surface area (Å²) in [5.74, 6) is 0. The Kier molecular flexibility index (Phi) is 7.18. The zero-order valence-corrected chi connectivity index (χ0v) is 28.4. The number of hydrogen-bond donors (Lipinski definition) is 0. The van der Waals surface area contributed by atoms with Gasteiger partial charge in [0.15, 0.2) is 0 Å². The summed E-state index contributed by atoms with van der Waals surface area (Å²) in [5, 5.41) is 6.95. The maximum atomic E-state index is 6.94. The smallest absolute Gasteiger partial charge is 0.143 e. The minimum Gasteiger partial charge on any atom is -0.455 e. The van der Waals surface area contributed by atoms with E-state index in [9.17, 15) is 0 Å². The Labute approximate surface area is 302 Å². The van der Waals surface area contributed by atoms with Crippen molar-refractivity contribution < 1.29 is 4.42 Å². The lowest BCUT2D eigenvalue weighted by atomic mass is 9.93. The van der Waals surface area contributed by atoms with Crippen LogP contribution in [0.5, 0.6) is 0 Å². The Morgan fingerprint density at radius 1 is 0.346 bits per heavy atom. The van der Waals surface area contributed by atoms with E-state index < -0.39 is 0 Å². The van der Waals surface area contributed by atoms with Crippen molar-refractivity contribution in [3.63, 3.8) is 0 Å². The number of nitrogens with zero attached hydrogens (tertiary/aromatic N) is 1. The fourth-order valence-corrected chi connectivity index (χ4v) is 7.72. The maximum absolute atomic E-state index is 6.94. The summed E-state index contributed by atoms with van der Waals surface area (Å²) in [5.41, 5.74) is 12.0. The lowest BCUT2D eigenvalue weighted by Crippen LogP contribution is -2.10. The molecule has 10 rings (SSSR count). The molecule has 1 heterocycles. The van der Waals surface area contributed by atoms with E-state index in [1.807, 2.05) is 0 Å². The highest BCUT2D eigenvalue weighted by Gasteiger charge is 2.23. The fourth-order valence-electron chi connectivity index (χ4n) is 7.72. The van der Waals surface area contributed by atoms with Gasteiger partial charge in [0.1, 0.15) is 11.2 Å². The highest BCUT2D eigenvalue weighted by molar-refractivity contribution is 6.22. The van der Waals surface area contributed by atoms with Crippen molar-refractivity contribution >= 4 is 60.5 Å². The summed E-state index contributed by atoms with van der Waals surface area (Å²) in [6, 6.07) is 71.6. The van der Waals surface area contributed by atoms with Crippen LogP contribution in [-0.4, -0.2) is 0 Å². The molecule has 2 nitrogen and oxygen atoms in total. The minimum atomic E-state index is 0.858. The average molecular weight is 664 g/mol. The molecule has 0 fully saturated rings. The van der Waals surface area contributed by atoms with Crippen LogP contribution in [-0.2, 0) is 0 Å². The molecular weight excluding hydrogens is 631 g/mol. The minimum absolute atomic E-state index is 0.858. The molecule has 244 valence electrons. The maximum Gasteiger partial charge on any atom is 0.143 e. The molecule has 1 aromatic heterocycles. The number of furan rings is 1. The number of anilines is 3. The second kappa shape index (κ2) is 12.5. The molecule has 0 saturated carbocycles. The summed E-state index contributed by atoms with van der Waals surface area (Å²) in [4.78, 5) is 2.38. The van der Waals surface area contributed by atoms with E-state index >= 15 is 0 Å². The molecule has 0 amide bonds. The van der Waals surface area contributed by atoms with Gasteiger partial charge in [0, 0.05) is 22.3 Å². The third kappa shape index (κ3) is 5.12. The standard InChI is InChI=1S/C50H33NO/c1-3-12-34(13-4-1)37-22-24-39(25-23-37)48-44-19-10-9-18-41(44)33-45-49-46(20-11-21-47(49)52-50(45)48)51(43-31-28-36-16-7-8-17-40(36)32-43)42-29-26-38(27-30-42)35-14-5-2-6-15-35/h1-33H. The summed E-state index contributed by atoms with van der Waals surface area (Å²) in [6.07, 6.45) is 0. The lowest BCUT2D eigenvalue weighted by Gasteiger charge is -2.27. The average Bonchev–Trinajstić information content (AvgIpc) is 3.60. The number of benzene rings is 9. The van der Waals surface area contributed by atoms with Gasteiger partial charge in [0.25, 0.3) is 0 Å². The van der Waals surface area contributed by atoms with Crippen LogP contribution in [0.2, 0.25) is 0 Å². The second-order valence-electron chi connectivity index (χ2n) is 13.3. The normalized spacial score (nSPS) is 11.5. The van der Waals surface area contributed by atoms with E-state index in [-0.39, 0.29) is 0 Å². The summed E-state index contributed by atoms with van der Waals surface area (Å²) in [7, 11) is 0. The van der Waals surface area contributed by atoms with Crippen LogP contribution in [0, 0.1) is 0 Å². The first-order valence-corrected chi connectivity index (χ1v) is 17.8. The third-order valence-corrected chi connectivity index (χ3v) is 10.2. The van der Waals surface area contributed by atoms with Gasteiger partial charge in [0.2, 0.25) is 0 Å². The van der Waals surface area contributed by atoms with Gasteiger partial charge >= 0.3 is 0 Å². The van der Waals surface area contributed by atoms with E-state index in [0.29, 0.717) is 0 Å². The van der Waals surface area contributed by atoms with E-state index in [1.165, 1.54) is 43.8 Å². The molecule has 0 N–H and O–H groups in total. The van der Waals surface area contributed by atoms with Crippen molar-refractivity contribution in [1.29, 1.82) is 0 Å². The molecule has 0 aliphatic rings. The first-order valence-electron chi connectivity index (χ1n) is 17.8. The molecule has 0 radical (unpaired) electrons. The molecular formula is C50H33NO. The zero-order valence-electron chi connectivity index (χ0n) is 28.4. The second-order valence-corrected chi connectivity index (χ2v) is 13.3. The third-order valence-electron chi connectivity index (χ3n) is 10.2.